The highest BCUT2D eigenvalue weighted by Crippen LogP contribution is 2.30. The summed E-state index contributed by atoms with van der Waals surface area (Å²) >= 11 is 0. The molecule has 0 radical (unpaired) electrons. The number of benzene rings is 1. The number of nitrogens with one attached hydrogen (secondary N) is 2. The second-order valence-electron chi connectivity index (χ2n) is 6.95. The van der Waals surface area contributed by atoms with E-state index in [1.807, 2.05) is 13.1 Å². The molecule has 0 saturated heterocycles. The van der Waals surface area contributed by atoms with Crippen LogP contribution in [-0.2, 0) is 6.54 Å². The van der Waals surface area contributed by atoms with Crippen molar-refractivity contribution >= 4 is 5.96 Å². The van der Waals surface area contributed by atoms with Gasteiger partial charge < -0.3 is 20.3 Å². The van der Waals surface area contributed by atoms with E-state index in [0.717, 1.165) is 37.3 Å². The van der Waals surface area contributed by atoms with E-state index in [1.165, 1.54) is 24.8 Å². The van der Waals surface area contributed by atoms with E-state index >= 15 is 0 Å². The third-order valence-corrected chi connectivity index (χ3v) is 4.91. The minimum Gasteiger partial charge on any atom is -0.493 e. The van der Waals surface area contributed by atoms with Gasteiger partial charge in [0.05, 0.1) is 6.61 Å². The van der Waals surface area contributed by atoms with Crippen LogP contribution in [0.25, 0.3) is 0 Å². The summed E-state index contributed by atoms with van der Waals surface area (Å²) in [4.78, 5) is 6.68. The lowest BCUT2D eigenvalue weighted by atomic mass is 10.2. The van der Waals surface area contributed by atoms with Crippen molar-refractivity contribution in [2.24, 2.45) is 10.9 Å². The Hall–Kier alpha value is -1.75. The maximum absolute atomic E-state index is 5.97. The molecule has 0 amide bonds. The normalized spacial score (nSPS) is 16.0. The van der Waals surface area contributed by atoms with Crippen LogP contribution in [0.2, 0.25) is 0 Å². The number of hydrogen-bond acceptors (Lipinski definition) is 3. The summed E-state index contributed by atoms with van der Waals surface area (Å²) in [5.41, 5.74) is 1.17. The molecule has 0 spiro atoms. The van der Waals surface area contributed by atoms with E-state index < -0.39 is 0 Å². The Kier molecular flexibility index (Phi) is 8.06. The molecule has 1 fully saturated rings. The molecule has 1 saturated carbocycles. The number of guanidine groups is 1. The number of aliphatic imine (C=N–C) groups is 1. The van der Waals surface area contributed by atoms with Gasteiger partial charge in [-0.2, -0.15) is 0 Å². The fraction of sp³-hybridized carbons (Fsp3) is 0.650. The molecule has 1 aromatic rings. The van der Waals surface area contributed by atoms with E-state index in [1.54, 1.807) is 0 Å². The number of rotatable bonds is 10. The van der Waals surface area contributed by atoms with Crippen LogP contribution in [0.3, 0.4) is 0 Å². The number of para-hydroxylation sites is 1. The smallest absolute Gasteiger partial charge is 0.191 e. The first-order chi connectivity index (χ1) is 12.1. The predicted molar refractivity (Wildman–Crippen MR) is 105 cm³/mol. The van der Waals surface area contributed by atoms with Gasteiger partial charge in [-0.1, -0.05) is 25.1 Å². The van der Waals surface area contributed by atoms with Gasteiger partial charge in [-0.3, -0.25) is 4.99 Å². The fourth-order valence-electron chi connectivity index (χ4n) is 2.57. The molecule has 140 valence electrons. The summed E-state index contributed by atoms with van der Waals surface area (Å²) in [6.45, 7) is 7.90. The molecular formula is C20H34N4O. The fourth-order valence-corrected chi connectivity index (χ4v) is 2.57. The molecule has 5 heteroatoms. The van der Waals surface area contributed by atoms with Gasteiger partial charge in [0.1, 0.15) is 5.75 Å². The second kappa shape index (κ2) is 10.3. The molecule has 25 heavy (non-hydrogen) atoms. The van der Waals surface area contributed by atoms with Gasteiger partial charge in [0.25, 0.3) is 0 Å². The lowest BCUT2D eigenvalue weighted by molar-refractivity contribution is 0.255. The Labute approximate surface area is 152 Å². The molecule has 0 aliphatic heterocycles. The molecule has 0 bridgehead atoms. The van der Waals surface area contributed by atoms with Crippen LogP contribution in [-0.4, -0.2) is 50.7 Å². The molecule has 0 heterocycles. The largest absolute Gasteiger partial charge is 0.493 e. The number of ether oxygens (including phenoxy) is 1. The van der Waals surface area contributed by atoms with Crippen molar-refractivity contribution in [1.29, 1.82) is 0 Å². The zero-order valence-corrected chi connectivity index (χ0v) is 16.2. The third kappa shape index (κ3) is 6.94. The van der Waals surface area contributed by atoms with Crippen LogP contribution in [0.4, 0.5) is 0 Å². The van der Waals surface area contributed by atoms with Crippen LogP contribution in [0, 0.1) is 5.92 Å². The van der Waals surface area contributed by atoms with Crippen LogP contribution < -0.4 is 15.4 Å². The topological polar surface area (TPSA) is 48.9 Å². The summed E-state index contributed by atoms with van der Waals surface area (Å²) in [6.07, 6.45) is 3.78. The van der Waals surface area contributed by atoms with Crippen molar-refractivity contribution in [3.05, 3.63) is 29.8 Å². The van der Waals surface area contributed by atoms with Crippen molar-refractivity contribution < 1.29 is 4.74 Å². The van der Waals surface area contributed by atoms with Gasteiger partial charge in [-0.15, -0.1) is 0 Å². The number of nitrogens with zero attached hydrogens (tertiary/aromatic N) is 2. The Morgan fingerprint density at radius 1 is 1.32 bits per heavy atom. The SMILES string of the molecule is CCC(C)N(C)CCNC(=NC)NCc1ccccc1OCC1CC1. The van der Waals surface area contributed by atoms with Gasteiger partial charge in [0.2, 0.25) is 0 Å². The average Bonchev–Trinajstić information content (AvgIpc) is 3.47. The minimum absolute atomic E-state index is 0.604. The summed E-state index contributed by atoms with van der Waals surface area (Å²) in [6, 6.07) is 8.85. The molecule has 1 aliphatic rings. The highest BCUT2D eigenvalue weighted by Gasteiger charge is 2.22. The standard InChI is InChI=1S/C20H34N4O/c1-5-16(2)24(4)13-12-22-20(21-3)23-14-18-8-6-7-9-19(18)25-15-17-10-11-17/h6-9,16-17H,5,10-15H2,1-4H3,(H2,21,22,23). The van der Waals surface area contributed by atoms with Crippen molar-refractivity contribution in [2.75, 3.05) is 33.8 Å². The zero-order valence-electron chi connectivity index (χ0n) is 16.2. The van der Waals surface area contributed by atoms with E-state index in [0.29, 0.717) is 12.6 Å². The maximum Gasteiger partial charge on any atom is 0.191 e. The van der Waals surface area contributed by atoms with Crippen LogP contribution >= 0.6 is 0 Å². The molecule has 1 aliphatic carbocycles. The summed E-state index contributed by atoms with van der Waals surface area (Å²) < 4.78 is 5.97. The Morgan fingerprint density at radius 3 is 2.76 bits per heavy atom. The number of hydrogen-bond donors (Lipinski definition) is 2. The van der Waals surface area contributed by atoms with Crippen molar-refractivity contribution in [3.63, 3.8) is 0 Å². The Bertz CT molecular complexity index is 542. The van der Waals surface area contributed by atoms with E-state index in [4.69, 9.17) is 4.74 Å². The van der Waals surface area contributed by atoms with Gasteiger partial charge in [-0.05, 0) is 45.2 Å². The Morgan fingerprint density at radius 2 is 2.08 bits per heavy atom. The first-order valence-electron chi connectivity index (χ1n) is 9.49. The lowest BCUT2D eigenvalue weighted by Gasteiger charge is -2.24. The molecule has 2 N–H and O–H groups in total. The highest BCUT2D eigenvalue weighted by molar-refractivity contribution is 5.79. The highest BCUT2D eigenvalue weighted by atomic mass is 16.5. The lowest BCUT2D eigenvalue weighted by Crippen LogP contribution is -2.42. The van der Waals surface area contributed by atoms with Crippen LogP contribution in [0.5, 0.6) is 5.75 Å². The summed E-state index contributed by atoms with van der Waals surface area (Å²) in [5, 5.41) is 6.77. The van der Waals surface area contributed by atoms with Gasteiger partial charge in [-0.25, -0.2) is 0 Å². The van der Waals surface area contributed by atoms with E-state index in [2.05, 4.69) is 59.6 Å². The molecule has 1 aromatic carbocycles. The average molecular weight is 347 g/mol. The number of likely N-dealkylation sites (N-methyl/N-ethyl adjacent to an activating group) is 1. The molecule has 2 rings (SSSR count). The summed E-state index contributed by atoms with van der Waals surface area (Å²) in [7, 11) is 3.97. The Balaban J connectivity index is 1.76. The van der Waals surface area contributed by atoms with Gasteiger partial charge >= 0.3 is 0 Å². The van der Waals surface area contributed by atoms with Crippen molar-refractivity contribution in [1.82, 2.24) is 15.5 Å². The molecule has 0 aromatic heterocycles. The minimum atomic E-state index is 0.604. The first-order valence-corrected chi connectivity index (χ1v) is 9.49. The molecule has 1 unspecified atom stereocenters. The monoisotopic (exact) mass is 346 g/mol. The van der Waals surface area contributed by atoms with Gasteiger partial charge in [0.15, 0.2) is 5.96 Å². The molecule has 1 atom stereocenters. The van der Waals surface area contributed by atoms with E-state index in [9.17, 15) is 0 Å². The predicted octanol–water partition coefficient (Wildman–Crippen LogP) is 2.87. The molecular weight excluding hydrogens is 312 g/mol. The van der Waals surface area contributed by atoms with E-state index in [-0.39, 0.29) is 0 Å². The van der Waals surface area contributed by atoms with Crippen molar-refractivity contribution in [2.45, 2.75) is 45.7 Å². The van der Waals surface area contributed by atoms with Crippen molar-refractivity contribution in [3.8, 4) is 5.75 Å². The summed E-state index contributed by atoms with van der Waals surface area (Å²) in [5.74, 6) is 2.57. The molecule has 5 nitrogen and oxygen atoms in total. The first kappa shape index (κ1) is 19.6. The quantitative estimate of drug-likeness (QED) is 0.505. The van der Waals surface area contributed by atoms with Gasteiger partial charge in [0, 0.05) is 38.3 Å². The third-order valence-electron chi connectivity index (χ3n) is 4.91. The van der Waals surface area contributed by atoms with Crippen LogP contribution in [0.1, 0.15) is 38.7 Å². The van der Waals surface area contributed by atoms with Crippen LogP contribution in [0.15, 0.2) is 29.3 Å². The zero-order chi connectivity index (χ0) is 18.1. The second-order valence-corrected chi connectivity index (χ2v) is 6.95. The maximum atomic E-state index is 5.97.